The van der Waals surface area contributed by atoms with Crippen LogP contribution in [0.1, 0.15) is 26.3 Å². The number of methoxy groups -OCH3 is 1. The van der Waals surface area contributed by atoms with Crippen LogP contribution in [-0.4, -0.2) is 55.2 Å². The highest BCUT2D eigenvalue weighted by Gasteiger charge is 2.43. The van der Waals surface area contributed by atoms with Crippen LogP contribution in [0, 0.1) is 5.82 Å². The molecular weight excluding hydrogens is 538 g/mol. The molecule has 1 aliphatic heterocycles. The van der Waals surface area contributed by atoms with E-state index in [9.17, 15) is 14.0 Å². The van der Waals surface area contributed by atoms with E-state index in [1.54, 1.807) is 30.5 Å². The Balaban J connectivity index is 0.00000216. The molecule has 1 aromatic heterocycles. The summed E-state index contributed by atoms with van der Waals surface area (Å²) >= 11 is 0. The van der Waals surface area contributed by atoms with Gasteiger partial charge in [-0.15, -0.1) is 26.3 Å². The number of nitrogens with zero attached hydrogens (tertiary/aromatic N) is 2. The third kappa shape index (κ3) is 6.78. The van der Waals surface area contributed by atoms with E-state index in [2.05, 4.69) is 31.3 Å². The highest BCUT2D eigenvalue weighted by Crippen LogP contribution is 2.46. The lowest BCUT2D eigenvalue weighted by Gasteiger charge is -2.19. The minimum atomic E-state index is -1.54. The number of ether oxygens (including phenoxy) is 3. The third-order valence-electron chi connectivity index (χ3n) is 5.45. The van der Waals surface area contributed by atoms with Crippen molar-refractivity contribution in [3.05, 3.63) is 104 Å². The Morgan fingerprint density at radius 3 is 2.17 bits per heavy atom. The smallest absolute Gasteiger partial charge is 0.265 e. The molecule has 1 aliphatic rings. The number of aromatic nitrogens is 1. The Labute approximate surface area is 233 Å². The molecular formula is C29H30FN2O7P. The van der Waals surface area contributed by atoms with Gasteiger partial charge in [-0.3, -0.25) is 19.5 Å². The Morgan fingerprint density at radius 2 is 1.57 bits per heavy atom. The third-order valence-corrected chi connectivity index (χ3v) is 6.67. The summed E-state index contributed by atoms with van der Waals surface area (Å²) in [6.07, 6.45) is 4.68. The average molecular weight is 569 g/mol. The van der Waals surface area contributed by atoms with E-state index in [1.165, 1.54) is 31.4 Å². The number of hydrogen-bond acceptors (Lipinski definition) is 8. The van der Waals surface area contributed by atoms with Crippen LogP contribution in [0.4, 0.5) is 4.39 Å². The van der Waals surface area contributed by atoms with E-state index in [0.717, 1.165) is 4.90 Å². The van der Waals surface area contributed by atoms with Crippen molar-refractivity contribution < 1.29 is 37.2 Å². The Morgan fingerprint density at radius 1 is 0.950 bits per heavy atom. The van der Waals surface area contributed by atoms with Gasteiger partial charge in [0.2, 0.25) is 8.38 Å². The molecule has 2 aromatic carbocycles. The van der Waals surface area contributed by atoms with Crippen LogP contribution in [-0.2, 0) is 20.3 Å². The summed E-state index contributed by atoms with van der Waals surface area (Å²) < 4.78 is 41.8. The molecule has 2 amide bonds. The number of carbonyl (C=O) groups excluding carboxylic acids is 2. The number of rotatable bonds is 14. The van der Waals surface area contributed by atoms with Gasteiger partial charge >= 0.3 is 0 Å². The molecule has 0 saturated heterocycles. The summed E-state index contributed by atoms with van der Waals surface area (Å²) in [5.41, 5.74) is 0.945. The highest BCUT2D eigenvalue weighted by molar-refractivity contribution is 7.47. The first-order valence-electron chi connectivity index (χ1n) is 12.0. The fourth-order valence-electron chi connectivity index (χ4n) is 3.84. The van der Waals surface area contributed by atoms with E-state index in [-0.39, 0.29) is 55.5 Å². The molecule has 0 unspecified atom stereocenters. The van der Waals surface area contributed by atoms with Crippen molar-refractivity contribution in [2.45, 2.75) is 6.54 Å². The van der Waals surface area contributed by atoms with Gasteiger partial charge in [-0.2, -0.15) is 0 Å². The van der Waals surface area contributed by atoms with Crippen LogP contribution in [0.5, 0.6) is 11.5 Å². The standard InChI is InChI=1S/C27H26FN2O7P.C2H4/c1-4-13-36-38(37-14-5-2)17-35-24-20-7-6-12-29-23(20)25(34-16-33-3)22-21(24)26(31)30(27(22)32)15-18-8-10-19(28)11-9-18;1-2/h4-12H,1-2,13-17H2,3H3;1-2H2. The van der Waals surface area contributed by atoms with Gasteiger partial charge in [0.15, 0.2) is 18.9 Å². The maximum Gasteiger partial charge on any atom is 0.265 e. The number of imide groups is 1. The first kappa shape index (κ1) is 30.6. The van der Waals surface area contributed by atoms with Crippen molar-refractivity contribution in [3.63, 3.8) is 0 Å². The van der Waals surface area contributed by atoms with Crippen molar-refractivity contribution in [1.29, 1.82) is 0 Å². The summed E-state index contributed by atoms with van der Waals surface area (Å²) in [4.78, 5) is 32.8. The molecule has 2 heterocycles. The zero-order valence-corrected chi connectivity index (χ0v) is 23.0. The van der Waals surface area contributed by atoms with Crippen LogP contribution in [0.25, 0.3) is 10.9 Å². The maximum atomic E-state index is 13.7. The number of amides is 2. The molecule has 0 saturated carbocycles. The highest BCUT2D eigenvalue weighted by atomic mass is 31.2. The monoisotopic (exact) mass is 568 g/mol. The zero-order valence-electron chi connectivity index (χ0n) is 22.1. The van der Waals surface area contributed by atoms with Crippen molar-refractivity contribution >= 4 is 31.1 Å². The molecule has 0 N–H and O–H groups in total. The van der Waals surface area contributed by atoms with Crippen molar-refractivity contribution in [1.82, 2.24) is 9.88 Å². The van der Waals surface area contributed by atoms with Gasteiger partial charge in [-0.1, -0.05) is 24.3 Å². The van der Waals surface area contributed by atoms with E-state index in [1.807, 2.05) is 0 Å². The maximum absolute atomic E-state index is 13.7. The van der Waals surface area contributed by atoms with Crippen LogP contribution < -0.4 is 9.47 Å². The first-order valence-corrected chi connectivity index (χ1v) is 13.4. The predicted molar refractivity (Wildman–Crippen MR) is 151 cm³/mol. The van der Waals surface area contributed by atoms with Gasteiger partial charge in [-0.25, -0.2) is 4.39 Å². The van der Waals surface area contributed by atoms with Gasteiger partial charge < -0.3 is 23.3 Å². The van der Waals surface area contributed by atoms with E-state index in [0.29, 0.717) is 16.5 Å². The van der Waals surface area contributed by atoms with Gasteiger partial charge in [-0.05, 0) is 29.8 Å². The molecule has 0 atom stereocenters. The molecule has 11 heteroatoms. The largest absolute Gasteiger partial charge is 0.483 e. The van der Waals surface area contributed by atoms with Gasteiger partial charge in [0.25, 0.3) is 11.8 Å². The normalized spacial score (nSPS) is 12.2. The van der Waals surface area contributed by atoms with Gasteiger partial charge in [0.05, 0.1) is 25.3 Å². The van der Waals surface area contributed by atoms with E-state index < -0.39 is 26.0 Å². The molecule has 0 spiro atoms. The van der Waals surface area contributed by atoms with E-state index in [4.69, 9.17) is 23.3 Å². The first-order chi connectivity index (χ1) is 19.5. The molecule has 0 fully saturated rings. The Kier molecular flexibility index (Phi) is 11.5. The predicted octanol–water partition coefficient (Wildman–Crippen LogP) is 6.01. The second-order valence-corrected chi connectivity index (χ2v) is 9.40. The summed E-state index contributed by atoms with van der Waals surface area (Å²) in [5, 5.41) is 0.463. The Bertz CT molecular complexity index is 1350. The van der Waals surface area contributed by atoms with Crippen molar-refractivity contribution in [3.8, 4) is 11.5 Å². The average Bonchev–Trinajstić information content (AvgIpc) is 3.22. The molecule has 9 nitrogen and oxygen atoms in total. The number of halogens is 1. The molecule has 0 aliphatic carbocycles. The molecule has 210 valence electrons. The minimum absolute atomic E-state index is 0.0127. The van der Waals surface area contributed by atoms with Crippen molar-refractivity contribution in [2.24, 2.45) is 0 Å². The second-order valence-electron chi connectivity index (χ2n) is 7.96. The summed E-state index contributed by atoms with van der Waals surface area (Å²) in [6.45, 7) is 13.5. The SMILES string of the molecule is C=C.C=CCOP(COc1c2c(c(OCOC)c3ncccc13)C(=O)N(Cc1ccc(F)cc1)C2=O)OCC=C. The van der Waals surface area contributed by atoms with Gasteiger partial charge in [0.1, 0.15) is 22.6 Å². The number of hydrogen-bond donors (Lipinski definition) is 0. The van der Waals surface area contributed by atoms with E-state index >= 15 is 0 Å². The summed E-state index contributed by atoms with van der Waals surface area (Å²) in [5.74, 6) is -1.33. The molecule has 40 heavy (non-hydrogen) atoms. The number of carbonyl (C=O) groups is 2. The molecule has 4 rings (SSSR count). The second kappa shape index (κ2) is 15.0. The van der Waals surface area contributed by atoms with Crippen LogP contribution in [0.15, 0.2) is 81.1 Å². The lowest BCUT2D eigenvalue weighted by atomic mass is 10.0. The molecule has 0 radical (unpaired) electrons. The molecule has 3 aromatic rings. The van der Waals surface area contributed by atoms with Crippen LogP contribution in [0.3, 0.4) is 0 Å². The number of fused-ring (bicyclic) bond motifs is 2. The van der Waals surface area contributed by atoms with Crippen molar-refractivity contribution in [2.75, 3.05) is 33.5 Å². The number of benzene rings is 2. The Hall–Kier alpha value is -3.95. The molecule has 0 bridgehead atoms. The lowest BCUT2D eigenvalue weighted by Crippen LogP contribution is -2.29. The lowest BCUT2D eigenvalue weighted by molar-refractivity contribution is 0.0505. The fraction of sp³-hybridized carbons (Fsp3) is 0.207. The fourth-order valence-corrected chi connectivity index (χ4v) is 4.85. The minimum Gasteiger partial charge on any atom is -0.483 e. The topological polar surface area (TPSA) is 96.4 Å². The van der Waals surface area contributed by atoms with Crippen LogP contribution >= 0.6 is 8.38 Å². The van der Waals surface area contributed by atoms with Gasteiger partial charge in [0, 0.05) is 18.7 Å². The quantitative estimate of drug-likeness (QED) is 0.101. The summed E-state index contributed by atoms with van der Waals surface area (Å²) in [7, 11) is -0.0958. The van der Waals surface area contributed by atoms with Crippen LogP contribution in [0.2, 0.25) is 0 Å². The number of pyridine rings is 1. The zero-order chi connectivity index (χ0) is 29.1. The summed E-state index contributed by atoms with van der Waals surface area (Å²) in [6, 6.07) is 8.96.